The summed E-state index contributed by atoms with van der Waals surface area (Å²) < 4.78 is 9.62. The molecule has 1 aromatic carbocycles. The van der Waals surface area contributed by atoms with Gasteiger partial charge in [0.15, 0.2) is 0 Å². The molecular formula is C19H25N3O5. The molecule has 0 saturated heterocycles. The minimum atomic E-state index is -0.559. The van der Waals surface area contributed by atoms with Crippen LogP contribution in [-0.2, 0) is 25.6 Å². The molecule has 0 aliphatic carbocycles. The monoisotopic (exact) mass is 375 g/mol. The van der Waals surface area contributed by atoms with Gasteiger partial charge in [-0.1, -0.05) is 30.3 Å². The lowest BCUT2D eigenvalue weighted by atomic mass is 10.0. The second kappa shape index (κ2) is 10.3. The molecule has 2 N–H and O–H groups in total. The van der Waals surface area contributed by atoms with Crippen molar-refractivity contribution in [2.24, 2.45) is 0 Å². The number of hydrogen-bond acceptors (Lipinski definition) is 6. The number of hydrogen-bond donors (Lipinski definition) is 2. The Hall–Kier alpha value is -2.87. The Balaban J connectivity index is 2.00. The standard InChI is InChI=1S/C19H25N3O5/c1-3-27-17(23)11-20-19(25)21-16-9-10-22(13-15(16)18(24)26-2)12-14-7-5-4-6-8-14/h4-8H,3,9-13H2,1-2H3,(H2,20,21,25). The van der Waals surface area contributed by atoms with Gasteiger partial charge in [0, 0.05) is 31.8 Å². The number of amides is 2. The van der Waals surface area contributed by atoms with E-state index in [9.17, 15) is 14.4 Å². The quantitative estimate of drug-likeness (QED) is 0.695. The van der Waals surface area contributed by atoms with Gasteiger partial charge < -0.3 is 20.1 Å². The highest BCUT2D eigenvalue weighted by Crippen LogP contribution is 2.19. The number of carbonyl (C=O) groups excluding carboxylic acids is 3. The van der Waals surface area contributed by atoms with Gasteiger partial charge in [0.05, 0.1) is 19.3 Å². The molecule has 1 aliphatic rings. The molecule has 27 heavy (non-hydrogen) atoms. The first-order valence-corrected chi connectivity index (χ1v) is 8.80. The second-order valence-corrected chi connectivity index (χ2v) is 6.01. The van der Waals surface area contributed by atoms with Crippen molar-refractivity contribution in [2.45, 2.75) is 19.9 Å². The molecule has 0 spiro atoms. The van der Waals surface area contributed by atoms with E-state index in [2.05, 4.69) is 15.5 Å². The van der Waals surface area contributed by atoms with Crippen molar-refractivity contribution >= 4 is 18.0 Å². The van der Waals surface area contributed by atoms with Crippen LogP contribution in [0.25, 0.3) is 0 Å². The third-order valence-electron chi connectivity index (χ3n) is 4.07. The zero-order valence-corrected chi connectivity index (χ0v) is 15.6. The molecule has 1 heterocycles. The molecule has 0 unspecified atom stereocenters. The number of nitrogens with one attached hydrogen (secondary N) is 2. The van der Waals surface area contributed by atoms with Gasteiger partial charge in [-0.3, -0.25) is 9.69 Å². The summed E-state index contributed by atoms with van der Waals surface area (Å²) in [4.78, 5) is 37.6. The molecular weight excluding hydrogens is 350 g/mol. The van der Waals surface area contributed by atoms with Crippen LogP contribution >= 0.6 is 0 Å². The van der Waals surface area contributed by atoms with Gasteiger partial charge in [0.1, 0.15) is 6.54 Å². The Labute approximate surface area is 158 Å². The summed E-state index contributed by atoms with van der Waals surface area (Å²) in [5, 5.41) is 5.08. The highest BCUT2D eigenvalue weighted by Gasteiger charge is 2.25. The molecule has 0 radical (unpaired) electrons. The summed E-state index contributed by atoms with van der Waals surface area (Å²) in [5.74, 6) is -0.999. The van der Waals surface area contributed by atoms with Gasteiger partial charge >= 0.3 is 18.0 Å². The Kier molecular flexibility index (Phi) is 7.81. The first-order valence-electron chi connectivity index (χ1n) is 8.80. The van der Waals surface area contributed by atoms with Gasteiger partial charge in [-0.25, -0.2) is 9.59 Å². The van der Waals surface area contributed by atoms with Gasteiger partial charge in [-0.2, -0.15) is 0 Å². The van der Waals surface area contributed by atoms with E-state index >= 15 is 0 Å². The van der Waals surface area contributed by atoms with Crippen LogP contribution in [0.15, 0.2) is 41.6 Å². The fourth-order valence-electron chi connectivity index (χ4n) is 2.79. The van der Waals surface area contributed by atoms with Crippen molar-refractivity contribution in [1.82, 2.24) is 15.5 Å². The van der Waals surface area contributed by atoms with Gasteiger partial charge in [-0.15, -0.1) is 0 Å². The zero-order chi connectivity index (χ0) is 19.6. The van der Waals surface area contributed by atoms with Crippen molar-refractivity contribution in [3.8, 4) is 0 Å². The Morgan fingerprint density at radius 2 is 1.93 bits per heavy atom. The topological polar surface area (TPSA) is 97.0 Å². The fraction of sp³-hybridized carbons (Fsp3) is 0.421. The second-order valence-electron chi connectivity index (χ2n) is 6.01. The molecule has 8 heteroatoms. The predicted octanol–water partition coefficient (Wildman–Crippen LogP) is 1.18. The van der Waals surface area contributed by atoms with E-state index in [0.717, 1.165) is 5.56 Å². The minimum absolute atomic E-state index is 0.235. The highest BCUT2D eigenvalue weighted by molar-refractivity contribution is 5.91. The van der Waals surface area contributed by atoms with E-state index < -0.39 is 18.0 Å². The van der Waals surface area contributed by atoms with Crippen LogP contribution < -0.4 is 10.6 Å². The van der Waals surface area contributed by atoms with Crippen LogP contribution in [0.5, 0.6) is 0 Å². The summed E-state index contributed by atoms with van der Waals surface area (Å²) in [5.41, 5.74) is 2.06. The lowest BCUT2D eigenvalue weighted by Crippen LogP contribution is -2.43. The van der Waals surface area contributed by atoms with Crippen molar-refractivity contribution in [2.75, 3.05) is 33.4 Å². The summed E-state index contributed by atoms with van der Waals surface area (Å²) in [6.07, 6.45) is 0.490. The fourth-order valence-corrected chi connectivity index (χ4v) is 2.79. The van der Waals surface area contributed by atoms with E-state index in [1.807, 2.05) is 30.3 Å². The molecule has 0 aromatic heterocycles. The maximum absolute atomic E-state index is 12.2. The number of benzene rings is 1. The Morgan fingerprint density at radius 3 is 2.59 bits per heavy atom. The summed E-state index contributed by atoms with van der Waals surface area (Å²) in [6.45, 7) is 3.45. The van der Waals surface area contributed by atoms with Crippen molar-refractivity contribution in [1.29, 1.82) is 0 Å². The third-order valence-corrected chi connectivity index (χ3v) is 4.07. The number of methoxy groups -OCH3 is 1. The number of esters is 2. The van der Waals surface area contributed by atoms with Crippen LogP contribution in [0.3, 0.4) is 0 Å². The lowest BCUT2D eigenvalue weighted by molar-refractivity contribution is -0.141. The summed E-state index contributed by atoms with van der Waals surface area (Å²) in [7, 11) is 1.31. The average Bonchev–Trinajstić information content (AvgIpc) is 2.68. The van der Waals surface area contributed by atoms with E-state index in [4.69, 9.17) is 9.47 Å². The molecule has 2 rings (SSSR count). The van der Waals surface area contributed by atoms with Crippen LogP contribution in [0.1, 0.15) is 18.9 Å². The molecule has 1 aromatic rings. The third kappa shape index (κ3) is 6.41. The van der Waals surface area contributed by atoms with E-state index in [-0.39, 0.29) is 13.2 Å². The largest absolute Gasteiger partial charge is 0.466 e. The van der Waals surface area contributed by atoms with Crippen LogP contribution in [0.4, 0.5) is 4.79 Å². The van der Waals surface area contributed by atoms with E-state index in [0.29, 0.717) is 37.3 Å². The maximum atomic E-state index is 12.2. The first kappa shape index (κ1) is 20.4. The first-order chi connectivity index (χ1) is 13.0. The maximum Gasteiger partial charge on any atom is 0.336 e. The zero-order valence-electron chi connectivity index (χ0n) is 15.6. The highest BCUT2D eigenvalue weighted by atomic mass is 16.5. The summed E-state index contributed by atoms with van der Waals surface area (Å²) in [6, 6.07) is 9.39. The van der Waals surface area contributed by atoms with Gasteiger partial charge in [0.2, 0.25) is 0 Å². The predicted molar refractivity (Wildman–Crippen MR) is 98.5 cm³/mol. The lowest BCUT2D eigenvalue weighted by Gasteiger charge is -2.30. The SMILES string of the molecule is CCOC(=O)CNC(=O)NC1=C(C(=O)OC)CN(Cc2ccccc2)CC1. The van der Waals surface area contributed by atoms with Crippen LogP contribution in [-0.4, -0.2) is 56.2 Å². The van der Waals surface area contributed by atoms with E-state index in [1.165, 1.54) is 7.11 Å². The Bertz CT molecular complexity index is 703. The molecule has 0 bridgehead atoms. The molecule has 0 saturated carbocycles. The Morgan fingerprint density at radius 1 is 1.19 bits per heavy atom. The number of carbonyl (C=O) groups is 3. The number of urea groups is 1. The van der Waals surface area contributed by atoms with Crippen molar-refractivity contribution in [3.63, 3.8) is 0 Å². The van der Waals surface area contributed by atoms with Crippen molar-refractivity contribution in [3.05, 3.63) is 47.2 Å². The van der Waals surface area contributed by atoms with Gasteiger partial charge in [0.25, 0.3) is 0 Å². The molecule has 8 nitrogen and oxygen atoms in total. The van der Waals surface area contributed by atoms with Crippen LogP contribution in [0.2, 0.25) is 0 Å². The average molecular weight is 375 g/mol. The normalized spacial score (nSPS) is 14.4. The molecule has 0 atom stereocenters. The van der Waals surface area contributed by atoms with E-state index in [1.54, 1.807) is 6.92 Å². The van der Waals surface area contributed by atoms with Crippen molar-refractivity contribution < 1.29 is 23.9 Å². The molecule has 1 aliphatic heterocycles. The number of ether oxygens (including phenoxy) is 2. The smallest absolute Gasteiger partial charge is 0.336 e. The van der Waals surface area contributed by atoms with Gasteiger partial charge in [-0.05, 0) is 12.5 Å². The van der Waals surface area contributed by atoms with Crippen LogP contribution in [0, 0.1) is 0 Å². The molecule has 2 amide bonds. The number of rotatable bonds is 7. The number of nitrogens with zero attached hydrogens (tertiary/aromatic N) is 1. The molecule has 0 fully saturated rings. The summed E-state index contributed by atoms with van der Waals surface area (Å²) >= 11 is 0. The minimum Gasteiger partial charge on any atom is -0.466 e. The molecule has 146 valence electrons.